The van der Waals surface area contributed by atoms with Crippen LogP contribution >= 0.6 is 0 Å². The van der Waals surface area contributed by atoms with E-state index in [1.165, 1.54) is 6.07 Å². The molecule has 23 heavy (non-hydrogen) atoms. The summed E-state index contributed by atoms with van der Waals surface area (Å²) in [6, 6.07) is 13.4. The van der Waals surface area contributed by atoms with Crippen LogP contribution in [0.5, 0.6) is 5.75 Å². The molecule has 0 bridgehead atoms. The summed E-state index contributed by atoms with van der Waals surface area (Å²) in [6.45, 7) is 2.21. The Hall–Kier alpha value is -1.79. The Balaban J connectivity index is 1.59. The smallest absolute Gasteiger partial charge is 0.217 e. The monoisotopic (exact) mass is 335 g/mol. The van der Waals surface area contributed by atoms with Gasteiger partial charge in [0.15, 0.2) is 0 Å². The maximum Gasteiger partial charge on any atom is 0.217 e. The first-order valence-corrected chi connectivity index (χ1v) is 9.62. The molecule has 0 amide bonds. The first kappa shape index (κ1) is 16.1. The number of ether oxygens (including phenoxy) is 1. The number of furan rings is 1. The Labute approximate surface area is 136 Å². The molecule has 6 heteroatoms. The Kier molecular flexibility index (Phi) is 4.73. The molecule has 3 rings (SSSR count). The Morgan fingerprint density at radius 2 is 2.00 bits per heavy atom. The van der Waals surface area contributed by atoms with Crippen molar-refractivity contribution in [2.75, 3.05) is 19.4 Å². The highest BCUT2D eigenvalue weighted by molar-refractivity contribution is 7.90. The van der Waals surface area contributed by atoms with E-state index in [-0.39, 0.29) is 5.09 Å². The van der Waals surface area contributed by atoms with Crippen molar-refractivity contribution >= 4 is 9.84 Å². The second-order valence-electron chi connectivity index (χ2n) is 5.88. The largest absolute Gasteiger partial charge is 0.492 e. The third-order valence-electron chi connectivity index (χ3n) is 4.05. The number of likely N-dealkylation sites (tertiary alicyclic amines) is 1. The van der Waals surface area contributed by atoms with Gasteiger partial charge in [0, 0.05) is 12.3 Å². The van der Waals surface area contributed by atoms with E-state index < -0.39 is 9.84 Å². The minimum atomic E-state index is -3.29. The van der Waals surface area contributed by atoms with Crippen LogP contribution < -0.4 is 4.74 Å². The molecule has 2 aromatic rings. The number of nitrogens with zero attached hydrogens (tertiary/aromatic N) is 1. The van der Waals surface area contributed by atoms with Gasteiger partial charge < -0.3 is 9.15 Å². The molecule has 0 aliphatic carbocycles. The van der Waals surface area contributed by atoms with E-state index in [1.54, 1.807) is 6.07 Å². The van der Waals surface area contributed by atoms with Gasteiger partial charge in [-0.05, 0) is 43.7 Å². The normalized spacial score (nSPS) is 19.1. The van der Waals surface area contributed by atoms with Crippen molar-refractivity contribution in [1.29, 1.82) is 0 Å². The fourth-order valence-electron chi connectivity index (χ4n) is 2.84. The van der Waals surface area contributed by atoms with Crippen LogP contribution in [-0.2, 0) is 16.4 Å². The van der Waals surface area contributed by atoms with Gasteiger partial charge in [-0.1, -0.05) is 18.2 Å². The number of benzene rings is 1. The molecule has 1 saturated heterocycles. The van der Waals surface area contributed by atoms with Crippen LogP contribution in [-0.4, -0.2) is 38.8 Å². The van der Waals surface area contributed by atoms with E-state index in [0.29, 0.717) is 25.0 Å². The molecule has 0 radical (unpaired) electrons. The Morgan fingerprint density at radius 1 is 1.22 bits per heavy atom. The van der Waals surface area contributed by atoms with E-state index in [2.05, 4.69) is 4.90 Å². The summed E-state index contributed by atoms with van der Waals surface area (Å²) in [5.41, 5.74) is 0. The molecule has 0 N–H and O–H groups in total. The molecule has 1 fully saturated rings. The van der Waals surface area contributed by atoms with Crippen molar-refractivity contribution in [2.24, 2.45) is 0 Å². The average molecular weight is 335 g/mol. The highest BCUT2D eigenvalue weighted by Gasteiger charge is 2.26. The summed E-state index contributed by atoms with van der Waals surface area (Å²) in [6.07, 6.45) is 3.34. The van der Waals surface area contributed by atoms with Crippen LogP contribution in [0.2, 0.25) is 0 Å². The van der Waals surface area contributed by atoms with Gasteiger partial charge in [0.2, 0.25) is 14.9 Å². The fourth-order valence-corrected chi connectivity index (χ4v) is 3.42. The van der Waals surface area contributed by atoms with Crippen molar-refractivity contribution in [3.8, 4) is 5.75 Å². The Bertz CT molecular complexity index is 739. The van der Waals surface area contributed by atoms with Crippen LogP contribution in [0.25, 0.3) is 0 Å². The van der Waals surface area contributed by atoms with Crippen LogP contribution in [0.3, 0.4) is 0 Å². The molecule has 0 spiro atoms. The van der Waals surface area contributed by atoms with Crippen LogP contribution in [0.1, 0.15) is 18.6 Å². The maximum atomic E-state index is 11.5. The summed E-state index contributed by atoms with van der Waals surface area (Å²) in [7, 11) is -3.29. The summed E-state index contributed by atoms with van der Waals surface area (Å²) in [5, 5.41) is 0.0313. The molecule has 1 atom stereocenters. The number of hydrogen-bond donors (Lipinski definition) is 0. The van der Waals surface area contributed by atoms with Crippen LogP contribution in [0.15, 0.2) is 52.0 Å². The summed E-state index contributed by atoms with van der Waals surface area (Å²) < 4.78 is 34.3. The third kappa shape index (κ3) is 4.14. The second kappa shape index (κ2) is 6.76. The van der Waals surface area contributed by atoms with Crippen LogP contribution in [0, 0.1) is 0 Å². The lowest BCUT2D eigenvalue weighted by atomic mass is 10.2. The molecule has 0 saturated carbocycles. The lowest BCUT2D eigenvalue weighted by molar-refractivity contribution is 0.156. The van der Waals surface area contributed by atoms with E-state index >= 15 is 0 Å². The summed E-state index contributed by atoms with van der Waals surface area (Å²) >= 11 is 0. The minimum absolute atomic E-state index is 0.0313. The molecule has 1 aliphatic rings. The van der Waals surface area contributed by atoms with Gasteiger partial charge in [-0.2, -0.15) is 0 Å². The van der Waals surface area contributed by atoms with E-state index in [4.69, 9.17) is 9.15 Å². The first-order chi connectivity index (χ1) is 11.0. The molecule has 0 unspecified atom stereocenters. The quantitative estimate of drug-likeness (QED) is 0.812. The molecule has 5 nitrogen and oxygen atoms in total. The molecular weight excluding hydrogens is 314 g/mol. The number of hydrogen-bond acceptors (Lipinski definition) is 5. The van der Waals surface area contributed by atoms with Crippen molar-refractivity contribution in [1.82, 2.24) is 4.90 Å². The van der Waals surface area contributed by atoms with Gasteiger partial charge in [-0.15, -0.1) is 0 Å². The predicted octanol–water partition coefficient (Wildman–Crippen LogP) is 2.73. The lowest BCUT2D eigenvalue weighted by Gasteiger charge is -2.23. The van der Waals surface area contributed by atoms with Gasteiger partial charge >= 0.3 is 0 Å². The number of rotatable bonds is 6. The van der Waals surface area contributed by atoms with Crippen molar-refractivity contribution < 1.29 is 17.6 Å². The standard InChI is InChI=1S/C17H21NO4S/c1-23(19,20)17-10-9-16(22-17)12-18-11-5-6-14(18)13-21-15-7-3-2-4-8-15/h2-4,7-10,14H,5-6,11-13H2,1H3/t14-/m0/s1. The third-order valence-corrected chi connectivity index (χ3v) is 5.00. The van der Waals surface area contributed by atoms with Crippen molar-refractivity contribution in [3.63, 3.8) is 0 Å². The van der Waals surface area contributed by atoms with Crippen molar-refractivity contribution in [3.05, 3.63) is 48.2 Å². The highest BCUT2D eigenvalue weighted by Crippen LogP contribution is 2.23. The number of sulfone groups is 1. The number of para-hydroxylation sites is 1. The SMILES string of the molecule is CS(=O)(=O)c1ccc(CN2CCC[C@H]2COc2ccccc2)o1. The molecule has 1 aromatic heterocycles. The van der Waals surface area contributed by atoms with Gasteiger partial charge in [0.1, 0.15) is 18.1 Å². The zero-order valence-electron chi connectivity index (χ0n) is 13.1. The second-order valence-corrected chi connectivity index (χ2v) is 7.83. The van der Waals surface area contributed by atoms with E-state index in [0.717, 1.165) is 31.4 Å². The molecule has 1 aliphatic heterocycles. The maximum absolute atomic E-state index is 11.5. The topological polar surface area (TPSA) is 59.8 Å². The van der Waals surface area contributed by atoms with Gasteiger partial charge in [-0.3, -0.25) is 4.90 Å². The highest BCUT2D eigenvalue weighted by atomic mass is 32.2. The molecular formula is C17H21NO4S. The van der Waals surface area contributed by atoms with E-state index in [9.17, 15) is 8.42 Å². The van der Waals surface area contributed by atoms with Gasteiger partial charge in [-0.25, -0.2) is 8.42 Å². The minimum Gasteiger partial charge on any atom is -0.492 e. The molecule has 1 aromatic carbocycles. The van der Waals surface area contributed by atoms with Crippen LogP contribution in [0.4, 0.5) is 0 Å². The fraction of sp³-hybridized carbons (Fsp3) is 0.412. The first-order valence-electron chi connectivity index (χ1n) is 7.73. The molecule has 124 valence electrons. The zero-order valence-corrected chi connectivity index (χ0v) is 14.0. The van der Waals surface area contributed by atoms with Gasteiger partial charge in [0.05, 0.1) is 6.54 Å². The summed E-state index contributed by atoms with van der Waals surface area (Å²) in [5.74, 6) is 1.55. The van der Waals surface area contributed by atoms with Crippen molar-refractivity contribution in [2.45, 2.75) is 30.5 Å². The lowest BCUT2D eigenvalue weighted by Crippen LogP contribution is -2.33. The van der Waals surface area contributed by atoms with Gasteiger partial charge in [0.25, 0.3) is 0 Å². The molecule has 2 heterocycles. The van der Waals surface area contributed by atoms with E-state index in [1.807, 2.05) is 30.3 Å². The summed E-state index contributed by atoms with van der Waals surface area (Å²) in [4.78, 5) is 2.29. The average Bonchev–Trinajstić information content (AvgIpc) is 3.16. The predicted molar refractivity (Wildman–Crippen MR) is 87.2 cm³/mol. The zero-order chi connectivity index (χ0) is 16.3. The Morgan fingerprint density at radius 3 is 2.70 bits per heavy atom.